The van der Waals surface area contributed by atoms with E-state index in [-0.39, 0.29) is 0 Å². The quantitative estimate of drug-likeness (QED) is 0.570. The van der Waals surface area contributed by atoms with Gasteiger partial charge in [0.2, 0.25) is 0 Å². The second-order valence-electron chi connectivity index (χ2n) is 3.18. The van der Waals surface area contributed by atoms with Gasteiger partial charge < -0.3 is 10.0 Å². The minimum Gasteiger partial charge on any atom is -0.422 e. The van der Waals surface area contributed by atoms with Crippen LogP contribution in [0.15, 0.2) is 12.3 Å². The summed E-state index contributed by atoms with van der Waals surface area (Å²) < 4.78 is 1.82. The molecule has 1 aliphatic carbocycles. The summed E-state index contributed by atoms with van der Waals surface area (Å²) in [7, 11) is -1.44. The molecule has 1 aliphatic rings. The largest absolute Gasteiger partial charge is 0.510 e. The molecule has 0 aliphatic heterocycles. The zero-order valence-corrected chi connectivity index (χ0v) is 6.72. The van der Waals surface area contributed by atoms with Crippen LogP contribution in [0.5, 0.6) is 0 Å². The van der Waals surface area contributed by atoms with Crippen molar-refractivity contribution in [2.45, 2.75) is 25.3 Å². The summed E-state index contributed by atoms with van der Waals surface area (Å²) in [6.07, 6.45) is 5.37. The predicted octanol–water partition coefficient (Wildman–Crippen LogP) is -0.712. The van der Waals surface area contributed by atoms with E-state index in [1.807, 2.05) is 4.68 Å². The number of nitrogens with zero attached hydrogens (tertiary/aromatic N) is 2. The zero-order chi connectivity index (χ0) is 8.55. The molecule has 1 heterocycles. The smallest absolute Gasteiger partial charge is 0.422 e. The van der Waals surface area contributed by atoms with Crippen LogP contribution >= 0.6 is 0 Å². The summed E-state index contributed by atoms with van der Waals surface area (Å²) in [5, 5.41) is 21.6. The highest BCUT2D eigenvalue weighted by Gasteiger charge is 2.22. The van der Waals surface area contributed by atoms with Gasteiger partial charge in [-0.2, -0.15) is 5.10 Å². The van der Waals surface area contributed by atoms with Crippen LogP contribution in [0, 0.1) is 0 Å². The number of hydrogen-bond acceptors (Lipinski definition) is 3. The van der Waals surface area contributed by atoms with E-state index in [1.165, 1.54) is 6.42 Å². The second kappa shape index (κ2) is 2.92. The van der Waals surface area contributed by atoms with Gasteiger partial charge in [-0.3, -0.25) is 4.68 Å². The Morgan fingerprint density at radius 3 is 2.67 bits per heavy atom. The first-order valence-electron chi connectivity index (χ1n) is 4.18. The van der Waals surface area contributed by atoms with Crippen LogP contribution in [0.1, 0.15) is 25.3 Å². The third-order valence-electron chi connectivity index (χ3n) is 2.34. The Morgan fingerprint density at radius 2 is 2.25 bits per heavy atom. The van der Waals surface area contributed by atoms with E-state index in [0.717, 1.165) is 12.8 Å². The molecule has 0 aromatic carbocycles. The van der Waals surface area contributed by atoms with Crippen molar-refractivity contribution in [3.8, 4) is 0 Å². The fourth-order valence-corrected chi connectivity index (χ4v) is 1.35. The first-order chi connectivity index (χ1) is 5.77. The molecule has 64 valence electrons. The average molecular weight is 166 g/mol. The van der Waals surface area contributed by atoms with E-state index in [1.54, 1.807) is 12.3 Å². The first-order valence-corrected chi connectivity index (χ1v) is 4.18. The van der Waals surface area contributed by atoms with Gasteiger partial charge in [0.25, 0.3) is 0 Å². The molecule has 0 radical (unpaired) electrons. The molecule has 0 atom stereocenters. The lowest BCUT2D eigenvalue weighted by Crippen LogP contribution is -2.32. The molecule has 0 amide bonds. The molecule has 12 heavy (non-hydrogen) atoms. The monoisotopic (exact) mass is 166 g/mol. The molecular weight excluding hydrogens is 155 g/mol. The van der Waals surface area contributed by atoms with Crippen LogP contribution in [0.4, 0.5) is 0 Å². The maximum absolute atomic E-state index is 8.79. The van der Waals surface area contributed by atoms with Gasteiger partial charge in [-0.25, -0.2) is 0 Å². The van der Waals surface area contributed by atoms with Crippen LogP contribution < -0.4 is 5.59 Å². The highest BCUT2D eigenvalue weighted by Crippen LogP contribution is 2.29. The third kappa shape index (κ3) is 1.25. The zero-order valence-electron chi connectivity index (χ0n) is 6.72. The fraction of sp³-hybridized carbons (Fsp3) is 0.571. The number of hydrogen-bond donors (Lipinski definition) is 2. The van der Waals surface area contributed by atoms with E-state index in [2.05, 4.69) is 5.10 Å². The van der Waals surface area contributed by atoms with Crippen molar-refractivity contribution in [2.24, 2.45) is 0 Å². The molecule has 2 N–H and O–H groups in total. The highest BCUT2D eigenvalue weighted by atomic mass is 16.4. The molecule has 1 saturated carbocycles. The Bertz CT molecular complexity index is 270. The highest BCUT2D eigenvalue weighted by molar-refractivity contribution is 6.57. The molecule has 0 unspecified atom stereocenters. The lowest BCUT2D eigenvalue weighted by atomic mass is 9.87. The third-order valence-corrected chi connectivity index (χ3v) is 2.34. The van der Waals surface area contributed by atoms with Crippen LogP contribution in [0.3, 0.4) is 0 Å². The van der Waals surface area contributed by atoms with Gasteiger partial charge in [0.1, 0.15) is 0 Å². The standard InChI is InChI=1S/C7H11BN2O2/c11-8(12)7-4-5-10(9-7)6-2-1-3-6/h4-6,11-12H,1-3H2. The van der Waals surface area contributed by atoms with Crippen molar-refractivity contribution >= 4 is 12.7 Å². The Balaban J connectivity index is 2.12. The van der Waals surface area contributed by atoms with Crippen LogP contribution in [0.2, 0.25) is 0 Å². The molecule has 1 aromatic heterocycles. The van der Waals surface area contributed by atoms with E-state index in [9.17, 15) is 0 Å². The van der Waals surface area contributed by atoms with Crippen molar-refractivity contribution < 1.29 is 10.0 Å². The fourth-order valence-electron chi connectivity index (χ4n) is 1.35. The molecule has 1 aromatic rings. The van der Waals surface area contributed by atoms with E-state index >= 15 is 0 Å². The Hall–Kier alpha value is -0.805. The average Bonchev–Trinajstić information content (AvgIpc) is 2.32. The van der Waals surface area contributed by atoms with Crippen molar-refractivity contribution in [1.29, 1.82) is 0 Å². The minimum absolute atomic E-state index is 0.335. The van der Waals surface area contributed by atoms with Gasteiger partial charge >= 0.3 is 7.12 Å². The van der Waals surface area contributed by atoms with E-state index in [0.29, 0.717) is 11.6 Å². The molecule has 0 spiro atoms. The number of aromatic nitrogens is 2. The second-order valence-corrected chi connectivity index (χ2v) is 3.18. The first kappa shape index (κ1) is 7.82. The molecule has 2 rings (SSSR count). The summed E-state index contributed by atoms with van der Waals surface area (Å²) in [6.45, 7) is 0. The number of rotatable bonds is 2. The van der Waals surface area contributed by atoms with Crippen molar-refractivity contribution in [3.05, 3.63) is 12.3 Å². The molecule has 1 fully saturated rings. The van der Waals surface area contributed by atoms with Crippen molar-refractivity contribution in [3.63, 3.8) is 0 Å². The molecule has 4 nitrogen and oxygen atoms in total. The molecule has 0 bridgehead atoms. The lowest BCUT2D eigenvalue weighted by Gasteiger charge is -2.25. The Morgan fingerprint density at radius 1 is 1.50 bits per heavy atom. The van der Waals surface area contributed by atoms with E-state index < -0.39 is 7.12 Å². The van der Waals surface area contributed by atoms with Crippen LogP contribution in [0.25, 0.3) is 0 Å². The van der Waals surface area contributed by atoms with Crippen molar-refractivity contribution in [2.75, 3.05) is 0 Å². The minimum atomic E-state index is -1.44. The van der Waals surface area contributed by atoms with Crippen LogP contribution in [-0.2, 0) is 0 Å². The predicted molar refractivity (Wildman–Crippen MR) is 44.9 cm³/mol. The van der Waals surface area contributed by atoms with Gasteiger partial charge in [0.05, 0.1) is 11.6 Å². The van der Waals surface area contributed by atoms with E-state index in [4.69, 9.17) is 10.0 Å². The summed E-state index contributed by atoms with van der Waals surface area (Å²) in [5.74, 6) is 0. The maximum atomic E-state index is 8.79. The topological polar surface area (TPSA) is 58.3 Å². The van der Waals surface area contributed by atoms with Crippen molar-refractivity contribution in [1.82, 2.24) is 9.78 Å². The van der Waals surface area contributed by atoms with Gasteiger partial charge in [0, 0.05) is 6.20 Å². The lowest BCUT2D eigenvalue weighted by molar-refractivity contribution is 0.289. The van der Waals surface area contributed by atoms with Gasteiger partial charge in [-0.05, 0) is 25.3 Å². The Labute approximate surface area is 71.0 Å². The summed E-state index contributed by atoms with van der Waals surface area (Å²) in [6, 6.07) is 2.13. The summed E-state index contributed by atoms with van der Waals surface area (Å²) >= 11 is 0. The van der Waals surface area contributed by atoms with Gasteiger partial charge in [0.15, 0.2) is 0 Å². The summed E-state index contributed by atoms with van der Waals surface area (Å²) in [5.41, 5.74) is 0.335. The Kier molecular flexibility index (Phi) is 1.90. The molecule has 0 saturated heterocycles. The van der Waals surface area contributed by atoms with Crippen LogP contribution in [-0.4, -0.2) is 26.9 Å². The maximum Gasteiger partial charge on any atom is 0.510 e. The molecule has 5 heteroatoms. The van der Waals surface area contributed by atoms with Gasteiger partial charge in [-0.15, -0.1) is 0 Å². The normalized spacial score (nSPS) is 17.5. The van der Waals surface area contributed by atoms with Gasteiger partial charge in [-0.1, -0.05) is 0 Å². The summed E-state index contributed by atoms with van der Waals surface area (Å²) in [4.78, 5) is 0. The molecular formula is C7H11BN2O2. The SMILES string of the molecule is OB(O)c1ccn(C2CCC2)n1.